The van der Waals surface area contributed by atoms with Crippen LogP contribution in [0.3, 0.4) is 0 Å². The topological polar surface area (TPSA) is 88.2 Å². The molecule has 46 heavy (non-hydrogen) atoms. The molecule has 0 aromatic heterocycles. The predicted octanol–water partition coefficient (Wildman–Crippen LogP) is 6.03. The van der Waals surface area contributed by atoms with Gasteiger partial charge in [-0.1, -0.05) is 36.8 Å². The molecule has 3 aliphatic rings. The Labute approximate surface area is 277 Å². The molecular weight excluding hydrogens is 598 g/mol. The van der Waals surface area contributed by atoms with Gasteiger partial charge >= 0.3 is 0 Å². The summed E-state index contributed by atoms with van der Waals surface area (Å²) in [6.45, 7) is 9.15. The number of methoxy groups -OCH3 is 1. The molecule has 0 spiro atoms. The molecule has 1 saturated carbocycles. The van der Waals surface area contributed by atoms with Crippen molar-refractivity contribution in [2.75, 3.05) is 39.9 Å². The van der Waals surface area contributed by atoms with E-state index in [4.69, 9.17) is 9.47 Å². The van der Waals surface area contributed by atoms with Gasteiger partial charge in [0.05, 0.1) is 18.6 Å². The maximum Gasteiger partial charge on any atom is 0.248 e. The van der Waals surface area contributed by atoms with Gasteiger partial charge in [-0.2, -0.15) is 4.31 Å². The second-order valence-corrected chi connectivity index (χ2v) is 15.8. The zero-order chi connectivity index (χ0) is 32.7. The molecule has 2 heterocycles. The normalized spacial score (nSPS) is 25.3. The number of nitrogens with zero attached hydrogens (tertiary/aromatic N) is 2. The van der Waals surface area contributed by atoms with Crippen LogP contribution in [0.1, 0.15) is 87.8 Å². The van der Waals surface area contributed by atoms with Gasteiger partial charge in [0.25, 0.3) is 0 Å². The predicted molar refractivity (Wildman–Crippen MR) is 183 cm³/mol. The summed E-state index contributed by atoms with van der Waals surface area (Å²) >= 11 is 0. The van der Waals surface area contributed by atoms with E-state index in [1.807, 2.05) is 13.8 Å². The number of ether oxygens (including phenoxy) is 2. The Kier molecular flexibility index (Phi) is 11.8. The molecule has 2 atom stereocenters. The number of benzene rings is 2. The van der Waals surface area contributed by atoms with Gasteiger partial charge < -0.3 is 14.8 Å². The number of aryl methyl sites for hydroxylation is 3. The van der Waals surface area contributed by atoms with E-state index in [1.54, 1.807) is 30.5 Å². The van der Waals surface area contributed by atoms with Gasteiger partial charge in [-0.25, -0.2) is 8.42 Å². The fourth-order valence-electron chi connectivity index (χ4n) is 8.09. The van der Waals surface area contributed by atoms with Crippen molar-refractivity contribution in [1.82, 2.24) is 14.5 Å². The largest absolute Gasteiger partial charge is 0.497 e. The fraction of sp³-hybridized carbons (Fsp3) is 0.649. The van der Waals surface area contributed by atoms with Crippen LogP contribution in [0, 0.1) is 19.8 Å². The molecule has 2 unspecified atom stereocenters. The van der Waals surface area contributed by atoms with Gasteiger partial charge in [0.15, 0.2) is 0 Å². The molecule has 1 amide bonds. The number of carbonyl (C=O) groups excluding carboxylic acids is 1. The summed E-state index contributed by atoms with van der Waals surface area (Å²) in [4.78, 5) is 16.2. The summed E-state index contributed by atoms with van der Waals surface area (Å²) in [6, 6.07) is 14.1. The molecular formula is C37H55N3O5S. The van der Waals surface area contributed by atoms with E-state index in [0.717, 1.165) is 32.1 Å². The third-order valence-corrected chi connectivity index (χ3v) is 13.1. The second kappa shape index (κ2) is 15.6. The lowest BCUT2D eigenvalue weighted by Gasteiger charge is -2.47. The van der Waals surface area contributed by atoms with Crippen LogP contribution in [-0.2, 0) is 26.0 Å². The van der Waals surface area contributed by atoms with Gasteiger partial charge in [-0.15, -0.1) is 0 Å². The van der Waals surface area contributed by atoms with E-state index in [2.05, 4.69) is 40.5 Å². The number of sulfonamides is 1. The number of amides is 1. The number of likely N-dealkylation sites (tertiary alicyclic amines) is 1. The first kappa shape index (κ1) is 34.9. The molecule has 1 aliphatic carbocycles. The van der Waals surface area contributed by atoms with Crippen molar-refractivity contribution in [3.63, 3.8) is 0 Å². The minimum absolute atomic E-state index is 0.118. The van der Waals surface area contributed by atoms with Crippen molar-refractivity contribution < 1.29 is 22.7 Å². The highest BCUT2D eigenvalue weighted by Gasteiger charge is 2.41. The highest BCUT2D eigenvalue weighted by Crippen LogP contribution is 2.41. The monoisotopic (exact) mass is 653 g/mol. The summed E-state index contributed by atoms with van der Waals surface area (Å²) in [5.41, 5.74) is 3.04. The molecule has 8 nitrogen and oxygen atoms in total. The van der Waals surface area contributed by atoms with E-state index in [-0.39, 0.29) is 24.1 Å². The summed E-state index contributed by atoms with van der Waals surface area (Å²) in [5.74, 6) is 1.00. The van der Waals surface area contributed by atoms with Gasteiger partial charge in [0.2, 0.25) is 15.9 Å². The Morgan fingerprint density at radius 2 is 1.63 bits per heavy atom. The van der Waals surface area contributed by atoms with Crippen LogP contribution in [0.4, 0.5) is 0 Å². The van der Waals surface area contributed by atoms with Crippen LogP contribution in [-0.4, -0.2) is 81.1 Å². The highest BCUT2D eigenvalue weighted by atomic mass is 32.2. The molecule has 0 radical (unpaired) electrons. The van der Waals surface area contributed by atoms with Crippen LogP contribution in [0.5, 0.6) is 5.75 Å². The van der Waals surface area contributed by atoms with E-state index >= 15 is 0 Å². The molecule has 254 valence electrons. The first-order chi connectivity index (χ1) is 22.1. The Bertz CT molecular complexity index is 1380. The van der Waals surface area contributed by atoms with Crippen LogP contribution in [0.15, 0.2) is 47.4 Å². The molecule has 0 bridgehead atoms. The molecule has 1 N–H and O–H groups in total. The summed E-state index contributed by atoms with van der Waals surface area (Å²) in [6.07, 6.45) is 11.4. The summed E-state index contributed by atoms with van der Waals surface area (Å²) in [5, 5.41) is 3.17. The third-order valence-electron chi connectivity index (χ3n) is 10.8. The zero-order valence-electron chi connectivity index (χ0n) is 28.4. The molecule has 5 rings (SSSR count). The Balaban J connectivity index is 1.12. The van der Waals surface area contributed by atoms with Crippen molar-refractivity contribution in [2.45, 2.75) is 114 Å². The maximum absolute atomic E-state index is 13.9. The lowest BCUT2D eigenvalue weighted by atomic mass is 9.72. The number of hydrogen-bond acceptors (Lipinski definition) is 6. The molecule has 2 aliphatic heterocycles. The van der Waals surface area contributed by atoms with Gasteiger partial charge in [0.1, 0.15) is 11.9 Å². The molecule has 2 aromatic rings. The minimum Gasteiger partial charge on any atom is -0.497 e. The zero-order valence-corrected chi connectivity index (χ0v) is 29.2. The second-order valence-electron chi connectivity index (χ2n) is 13.9. The van der Waals surface area contributed by atoms with Gasteiger partial charge in [-0.3, -0.25) is 9.69 Å². The first-order valence-corrected chi connectivity index (χ1v) is 18.9. The molecule has 2 aromatic carbocycles. The lowest BCUT2D eigenvalue weighted by molar-refractivity contribution is -0.133. The van der Waals surface area contributed by atoms with Crippen molar-refractivity contribution in [2.24, 2.45) is 5.92 Å². The van der Waals surface area contributed by atoms with Crippen LogP contribution >= 0.6 is 0 Å². The SMILES string of the molecule is COc1cc(C)c(S(=O)(=O)N2CCCCC2COC(C)C(=O)NCC2CCC(CCc3ccccc3)(N3CCCC3)CC2)c(C)c1. The number of rotatable bonds is 13. The Hall–Kier alpha value is -2.46. The maximum atomic E-state index is 13.9. The lowest BCUT2D eigenvalue weighted by Crippen LogP contribution is -2.51. The summed E-state index contributed by atoms with van der Waals surface area (Å²) in [7, 11) is -2.15. The van der Waals surface area contributed by atoms with Crippen molar-refractivity contribution in [3.8, 4) is 5.75 Å². The van der Waals surface area contributed by atoms with Crippen molar-refractivity contribution >= 4 is 15.9 Å². The smallest absolute Gasteiger partial charge is 0.248 e. The molecule has 9 heteroatoms. The minimum atomic E-state index is -3.73. The van der Waals surface area contributed by atoms with Crippen LogP contribution in [0.2, 0.25) is 0 Å². The van der Waals surface area contributed by atoms with Crippen LogP contribution in [0.25, 0.3) is 0 Å². The fourth-order valence-corrected chi connectivity index (χ4v) is 10.2. The quantitative estimate of drug-likeness (QED) is 0.284. The van der Waals surface area contributed by atoms with Crippen LogP contribution < -0.4 is 10.1 Å². The Morgan fingerprint density at radius 3 is 2.28 bits per heavy atom. The standard InChI is InChI=1S/C37H55N3O5S/c1-28-24-34(44-4)25-29(2)35(28)46(42,43)40-23-9-8-14-33(40)27-45-30(3)36(41)38-26-32-16-19-37(20-17-32,39-21-10-11-22-39)18-15-31-12-6-5-7-13-31/h5-7,12-13,24-25,30,32-33H,8-11,14-23,26-27H2,1-4H3,(H,38,41). The number of piperidine rings is 1. The van der Waals surface area contributed by atoms with Gasteiger partial charge in [-0.05, 0) is 133 Å². The average Bonchev–Trinajstić information content (AvgIpc) is 3.62. The van der Waals surface area contributed by atoms with E-state index < -0.39 is 16.1 Å². The van der Waals surface area contributed by atoms with E-state index in [1.165, 1.54) is 50.8 Å². The molecule has 2 saturated heterocycles. The van der Waals surface area contributed by atoms with Gasteiger partial charge in [0, 0.05) is 24.7 Å². The number of nitrogens with one attached hydrogen (secondary N) is 1. The molecule has 3 fully saturated rings. The number of hydrogen-bond donors (Lipinski definition) is 1. The van der Waals surface area contributed by atoms with E-state index in [0.29, 0.717) is 47.2 Å². The Morgan fingerprint density at radius 1 is 0.978 bits per heavy atom. The third kappa shape index (κ3) is 8.15. The van der Waals surface area contributed by atoms with E-state index in [9.17, 15) is 13.2 Å². The first-order valence-electron chi connectivity index (χ1n) is 17.5. The van der Waals surface area contributed by atoms with Crippen molar-refractivity contribution in [1.29, 1.82) is 0 Å². The van der Waals surface area contributed by atoms with Crippen molar-refractivity contribution in [3.05, 3.63) is 59.2 Å². The summed E-state index contributed by atoms with van der Waals surface area (Å²) < 4.78 is 40.8. The number of carbonyl (C=O) groups is 1. The highest BCUT2D eigenvalue weighted by molar-refractivity contribution is 7.89. The average molecular weight is 654 g/mol.